The summed E-state index contributed by atoms with van der Waals surface area (Å²) in [5.74, 6) is 0.0660. The Hall–Kier alpha value is -2.70. The van der Waals surface area contributed by atoms with Crippen molar-refractivity contribution in [1.82, 2.24) is 4.90 Å². The Balaban J connectivity index is 1.50. The van der Waals surface area contributed by atoms with Gasteiger partial charge in [-0.25, -0.2) is 0 Å². The van der Waals surface area contributed by atoms with Crippen LogP contribution in [0.3, 0.4) is 0 Å². The summed E-state index contributed by atoms with van der Waals surface area (Å²) < 4.78 is 5.15. The van der Waals surface area contributed by atoms with Gasteiger partial charge in [-0.2, -0.15) is 0 Å². The molecule has 6 heteroatoms. The molecule has 1 aliphatic rings. The highest BCUT2D eigenvalue weighted by Gasteiger charge is 2.26. The molecule has 1 fully saturated rings. The van der Waals surface area contributed by atoms with Crippen LogP contribution in [0.4, 0.5) is 5.69 Å². The number of hydrogen-bond donors (Lipinski definition) is 2. The maximum Gasteiger partial charge on any atom is 0.279 e. The van der Waals surface area contributed by atoms with E-state index in [1.807, 2.05) is 53.4 Å². The molecular weight excluding hydrogens is 366 g/mol. The smallest absolute Gasteiger partial charge is 0.279 e. The number of para-hydroxylation sites is 1. The first-order chi connectivity index (χ1) is 14.1. The molecule has 29 heavy (non-hydrogen) atoms. The molecule has 0 aromatic heterocycles. The first kappa shape index (κ1) is 21.0. The highest BCUT2D eigenvalue weighted by atomic mass is 16.5. The predicted octanol–water partition coefficient (Wildman–Crippen LogP) is 1.37. The van der Waals surface area contributed by atoms with Crippen molar-refractivity contribution in [2.75, 3.05) is 45.2 Å². The van der Waals surface area contributed by atoms with Crippen LogP contribution in [-0.4, -0.2) is 56.5 Å². The summed E-state index contributed by atoms with van der Waals surface area (Å²) in [6, 6.07) is 15.5. The summed E-state index contributed by atoms with van der Waals surface area (Å²) in [4.78, 5) is 28.3. The molecule has 3 rings (SSSR count). The molecule has 1 saturated heterocycles. The third-order valence-corrected chi connectivity index (χ3v) is 5.33. The molecular formula is C23H30N3O3+. The van der Waals surface area contributed by atoms with Crippen LogP contribution in [-0.2, 0) is 22.6 Å². The standard InChI is InChI=1S/C23H29N3O3/c1-3-19-8-4-5-10-21(19)24-22(27)16-25-11-13-26(14-12-25)23(28)20-9-6-7-18(15-20)17-29-2/h4-10,15H,3,11-14,16-17H2,1-2H3,(H,24,27)/p+1. The third kappa shape index (κ3) is 5.65. The largest absolute Gasteiger partial charge is 0.380 e. The van der Waals surface area contributed by atoms with Gasteiger partial charge in [0.25, 0.3) is 11.8 Å². The predicted molar refractivity (Wildman–Crippen MR) is 113 cm³/mol. The normalized spacial score (nSPS) is 14.6. The minimum absolute atomic E-state index is 0.0212. The molecule has 2 amide bonds. The average Bonchev–Trinajstić information content (AvgIpc) is 2.74. The Morgan fingerprint density at radius 3 is 2.59 bits per heavy atom. The molecule has 154 valence electrons. The van der Waals surface area contributed by atoms with E-state index in [-0.39, 0.29) is 11.8 Å². The zero-order valence-corrected chi connectivity index (χ0v) is 17.2. The SMILES string of the molecule is CCc1ccccc1NC(=O)C[NH+]1CCN(C(=O)c2cccc(COC)c2)CC1. The van der Waals surface area contributed by atoms with E-state index in [1.165, 1.54) is 4.90 Å². The van der Waals surface area contributed by atoms with E-state index in [2.05, 4.69) is 12.2 Å². The van der Waals surface area contributed by atoms with Crippen LogP contribution in [0.5, 0.6) is 0 Å². The molecule has 1 heterocycles. The summed E-state index contributed by atoms with van der Waals surface area (Å²) in [5, 5.41) is 3.03. The lowest BCUT2D eigenvalue weighted by Gasteiger charge is -2.32. The van der Waals surface area contributed by atoms with E-state index in [0.717, 1.165) is 36.3 Å². The van der Waals surface area contributed by atoms with Crippen molar-refractivity contribution in [2.24, 2.45) is 0 Å². The van der Waals surface area contributed by atoms with E-state index >= 15 is 0 Å². The van der Waals surface area contributed by atoms with Gasteiger partial charge in [0, 0.05) is 18.4 Å². The average molecular weight is 397 g/mol. The molecule has 2 aromatic carbocycles. The van der Waals surface area contributed by atoms with Crippen LogP contribution in [0.15, 0.2) is 48.5 Å². The van der Waals surface area contributed by atoms with Gasteiger partial charge in [0.2, 0.25) is 0 Å². The molecule has 0 radical (unpaired) electrons. The number of quaternary nitrogens is 1. The molecule has 6 nitrogen and oxygen atoms in total. The molecule has 0 atom stereocenters. The number of ether oxygens (including phenoxy) is 1. The second kappa shape index (κ2) is 10.2. The molecule has 0 unspecified atom stereocenters. The molecule has 1 aliphatic heterocycles. The number of amides is 2. The summed E-state index contributed by atoms with van der Waals surface area (Å²) in [5.41, 5.74) is 3.72. The fourth-order valence-electron chi connectivity index (χ4n) is 3.72. The number of anilines is 1. The van der Waals surface area contributed by atoms with Crippen molar-refractivity contribution in [3.63, 3.8) is 0 Å². The lowest BCUT2D eigenvalue weighted by Crippen LogP contribution is -3.15. The quantitative estimate of drug-likeness (QED) is 0.743. The fourth-order valence-corrected chi connectivity index (χ4v) is 3.72. The van der Waals surface area contributed by atoms with Crippen LogP contribution in [0.1, 0.15) is 28.4 Å². The maximum absolute atomic E-state index is 12.8. The number of nitrogens with zero attached hydrogens (tertiary/aromatic N) is 1. The highest BCUT2D eigenvalue weighted by Crippen LogP contribution is 2.15. The Morgan fingerprint density at radius 1 is 1.10 bits per heavy atom. The summed E-state index contributed by atoms with van der Waals surface area (Å²) in [6.07, 6.45) is 0.885. The van der Waals surface area contributed by atoms with Gasteiger partial charge in [-0.05, 0) is 35.7 Å². The van der Waals surface area contributed by atoms with Crippen molar-refractivity contribution < 1.29 is 19.2 Å². The second-order valence-electron chi connectivity index (χ2n) is 7.41. The number of benzene rings is 2. The van der Waals surface area contributed by atoms with Gasteiger partial charge in [-0.15, -0.1) is 0 Å². The van der Waals surface area contributed by atoms with Gasteiger partial charge in [0.15, 0.2) is 6.54 Å². The second-order valence-corrected chi connectivity index (χ2v) is 7.41. The van der Waals surface area contributed by atoms with Crippen molar-refractivity contribution >= 4 is 17.5 Å². The number of aryl methyl sites for hydroxylation is 1. The summed E-state index contributed by atoms with van der Waals surface area (Å²) in [7, 11) is 1.65. The summed E-state index contributed by atoms with van der Waals surface area (Å²) >= 11 is 0. The lowest BCUT2D eigenvalue weighted by molar-refractivity contribution is -0.895. The number of hydrogen-bond acceptors (Lipinski definition) is 3. The Kier molecular flexibility index (Phi) is 7.38. The maximum atomic E-state index is 12.8. The molecule has 0 bridgehead atoms. The van der Waals surface area contributed by atoms with Crippen molar-refractivity contribution in [2.45, 2.75) is 20.0 Å². The van der Waals surface area contributed by atoms with Gasteiger partial charge in [-0.1, -0.05) is 37.3 Å². The lowest BCUT2D eigenvalue weighted by atomic mass is 10.1. The number of methoxy groups -OCH3 is 1. The molecule has 2 N–H and O–H groups in total. The monoisotopic (exact) mass is 396 g/mol. The van der Waals surface area contributed by atoms with E-state index in [4.69, 9.17) is 4.74 Å². The van der Waals surface area contributed by atoms with Gasteiger partial charge in [0.1, 0.15) is 0 Å². The van der Waals surface area contributed by atoms with E-state index < -0.39 is 0 Å². The molecule has 0 aliphatic carbocycles. The number of carbonyl (C=O) groups excluding carboxylic acids is 2. The zero-order chi connectivity index (χ0) is 20.6. The molecule has 0 saturated carbocycles. The third-order valence-electron chi connectivity index (χ3n) is 5.33. The van der Waals surface area contributed by atoms with Crippen molar-refractivity contribution in [3.05, 3.63) is 65.2 Å². The minimum Gasteiger partial charge on any atom is -0.380 e. The number of piperazine rings is 1. The van der Waals surface area contributed by atoms with Gasteiger partial charge < -0.3 is 19.9 Å². The van der Waals surface area contributed by atoms with Gasteiger partial charge in [0.05, 0.1) is 32.8 Å². The van der Waals surface area contributed by atoms with Crippen LogP contribution in [0, 0.1) is 0 Å². The first-order valence-corrected chi connectivity index (χ1v) is 10.2. The number of nitrogens with one attached hydrogen (secondary N) is 2. The topological polar surface area (TPSA) is 63.1 Å². The van der Waals surface area contributed by atoms with Gasteiger partial charge in [-0.3, -0.25) is 9.59 Å². The van der Waals surface area contributed by atoms with Crippen LogP contribution in [0.2, 0.25) is 0 Å². The van der Waals surface area contributed by atoms with Crippen molar-refractivity contribution in [3.8, 4) is 0 Å². The van der Waals surface area contributed by atoms with E-state index in [9.17, 15) is 9.59 Å². The van der Waals surface area contributed by atoms with Crippen molar-refractivity contribution in [1.29, 1.82) is 0 Å². The Morgan fingerprint density at radius 2 is 1.86 bits per heavy atom. The Bertz CT molecular complexity index is 845. The minimum atomic E-state index is 0.0212. The highest BCUT2D eigenvalue weighted by molar-refractivity contribution is 5.94. The van der Waals surface area contributed by atoms with Crippen LogP contribution >= 0.6 is 0 Å². The van der Waals surface area contributed by atoms with Crippen LogP contribution in [0.25, 0.3) is 0 Å². The van der Waals surface area contributed by atoms with Gasteiger partial charge >= 0.3 is 0 Å². The van der Waals surface area contributed by atoms with E-state index in [1.54, 1.807) is 7.11 Å². The van der Waals surface area contributed by atoms with E-state index in [0.29, 0.717) is 31.8 Å². The number of carbonyl (C=O) groups is 2. The first-order valence-electron chi connectivity index (χ1n) is 10.2. The fraction of sp³-hybridized carbons (Fsp3) is 0.391. The molecule has 2 aromatic rings. The molecule has 0 spiro atoms. The number of rotatable bonds is 7. The van der Waals surface area contributed by atoms with Crippen LogP contribution < -0.4 is 10.2 Å². The Labute approximate surface area is 172 Å². The zero-order valence-electron chi connectivity index (χ0n) is 17.2. The summed E-state index contributed by atoms with van der Waals surface area (Å²) in [6.45, 7) is 5.85.